The van der Waals surface area contributed by atoms with Crippen LogP contribution in [0.5, 0.6) is 5.75 Å². The number of ether oxygens (including phenoxy) is 1. The third-order valence-electron chi connectivity index (χ3n) is 2.37. The van der Waals surface area contributed by atoms with Crippen LogP contribution < -0.4 is 10.1 Å². The molecule has 0 spiro atoms. The zero-order valence-corrected chi connectivity index (χ0v) is 8.12. The van der Waals surface area contributed by atoms with Gasteiger partial charge in [-0.05, 0) is 30.7 Å². The minimum atomic E-state index is -0.278. The number of esters is 1. The summed E-state index contributed by atoms with van der Waals surface area (Å²) < 4.78 is 4.94. The van der Waals surface area contributed by atoms with Crippen LogP contribution in [0.1, 0.15) is 24.9 Å². The Labute approximate surface area is 83.1 Å². The van der Waals surface area contributed by atoms with E-state index < -0.39 is 0 Å². The molecular weight excluding hydrogens is 178 g/mol. The third kappa shape index (κ3) is 1.93. The molecule has 0 bridgehead atoms. The summed E-state index contributed by atoms with van der Waals surface area (Å²) in [5, 5.41) is 3.31. The van der Waals surface area contributed by atoms with Crippen LogP contribution in [0.25, 0.3) is 0 Å². The standard InChI is InChI=1S/C11H13NO2/c1-8(13)14-10-4-2-9(3-5-10)11-6-7-12-11/h2-5,11-12H,6-7H2,1H3/t11-/m1/s1. The molecule has 0 aromatic heterocycles. The van der Waals surface area contributed by atoms with E-state index in [-0.39, 0.29) is 5.97 Å². The Balaban J connectivity index is 2.05. The van der Waals surface area contributed by atoms with E-state index in [1.54, 1.807) is 0 Å². The second-order valence-electron chi connectivity index (χ2n) is 3.46. The van der Waals surface area contributed by atoms with Crippen LogP contribution >= 0.6 is 0 Å². The van der Waals surface area contributed by atoms with E-state index in [4.69, 9.17) is 4.74 Å². The molecule has 1 saturated heterocycles. The second kappa shape index (κ2) is 3.80. The van der Waals surface area contributed by atoms with Crippen LogP contribution in [-0.4, -0.2) is 12.5 Å². The molecule has 0 amide bonds. The summed E-state index contributed by atoms with van der Waals surface area (Å²) in [4.78, 5) is 10.7. The molecule has 1 aliphatic rings. The lowest BCUT2D eigenvalue weighted by molar-refractivity contribution is -0.131. The largest absolute Gasteiger partial charge is 0.427 e. The molecule has 0 aliphatic carbocycles. The maximum absolute atomic E-state index is 10.7. The summed E-state index contributed by atoms with van der Waals surface area (Å²) >= 11 is 0. The first-order chi connectivity index (χ1) is 6.75. The maximum Gasteiger partial charge on any atom is 0.308 e. The Hall–Kier alpha value is -1.35. The zero-order chi connectivity index (χ0) is 9.97. The summed E-state index contributed by atoms with van der Waals surface area (Å²) in [6.07, 6.45) is 1.19. The van der Waals surface area contributed by atoms with Crippen molar-refractivity contribution in [3.63, 3.8) is 0 Å². The van der Waals surface area contributed by atoms with Gasteiger partial charge in [0.25, 0.3) is 0 Å². The van der Waals surface area contributed by atoms with Crippen LogP contribution in [0.3, 0.4) is 0 Å². The molecule has 0 radical (unpaired) electrons. The van der Waals surface area contributed by atoms with Crippen molar-refractivity contribution in [1.29, 1.82) is 0 Å². The number of rotatable bonds is 2. The Kier molecular flexibility index (Phi) is 2.50. The molecule has 14 heavy (non-hydrogen) atoms. The quantitative estimate of drug-likeness (QED) is 0.570. The van der Waals surface area contributed by atoms with E-state index in [2.05, 4.69) is 5.32 Å². The highest BCUT2D eigenvalue weighted by Crippen LogP contribution is 2.24. The Bertz CT molecular complexity index is 328. The minimum Gasteiger partial charge on any atom is -0.427 e. The number of carbonyl (C=O) groups excluding carboxylic acids is 1. The lowest BCUT2D eigenvalue weighted by Crippen LogP contribution is -2.34. The normalized spacial score (nSPS) is 19.9. The first kappa shape index (κ1) is 9.21. The third-order valence-corrected chi connectivity index (χ3v) is 2.37. The van der Waals surface area contributed by atoms with Crippen LogP contribution in [0.15, 0.2) is 24.3 Å². The van der Waals surface area contributed by atoms with Crippen LogP contribution in [0.2, 0.25) is 0 Å². The van der Waals surface area contributed by atoms with Gasteiger partial charge in [-0.3, -0.25) is 4.79 Å². The van der Waals surface area contributed by atoms with Gasteiger partial charge in [-0.2, -0.15) is 0 Å². The van der Waals surface area contributed by atoms with E-state index in [0.29, 0.717) is 11.8 Å². The van der Waals surface area contributed by atoms with E-state index in [1.165, 1.54) is 18.9 Å². The predicted molar refractivity (Wildman–Crippen MR) is 53.1 cm³/mol. The zero-order valence-electron chi connectivity index (χ0n) is 8.12. The van der Waals surface area contributed by atoms with Crippen molar-refractivity contribution in [2.75, 3.05) is 6.54 Å². The number of hydrogen-bond acceptors (Lipinski definition) is 3. The molecule has 2 rings (SSSR count). The predicted octanol–water partition coefficient (Wildman–Crippen LogP) is 1.65. The van der Waals surface area contributed by atoms with Gasteiger partial charge < -0.3 is 10.1 Å². The van der Waals surface area contributed by atoms with E-state index in [0.717, 1.165) is 6.54 Å². The van der Waals surface area contributed by atoms with E-state index >= 15 is 0 Å². The topological polar surface area (TPSA) is 38.3 Å². The van der Waals surface area contributed by atoms with Crippen molar-refractivity contribution < 1.29 is 9.53 Å². The molecule has 1 atom stereocenters. The van der Waals surface area contributed by atoms with E-state index in [9.17, 15) is 4.79 Å². The van der Waals surface area contributed by atoms with Gasteiger partial charge in [0.05, 0.1) is 0 Å². The summed E-state index contributed by atoms with van der Waals surface area (Å²) in [6, 6.07) is 8.14. The number of hydrogen-bond donors (Lipinski definition) is 1. The van der Waals surface area contributed by atoms with Crippen molar-refractivity contribution >= 4 is 5.97 Å². The fourth-order valence-corrected chi connectivity index (χ4v) is 1.51. The van der Waals surface area contributed by atoms with Gasteiger partial charge in [-0.25, -0.2) is 0 Å². The summed E-state index contributed by atoms with van der Waals surface area (Å²) in [7, 11) is 0. The Morgan fingerprint density at radius 3 is 2.50 bits per heavy atom. The maximum atomic E-state index is 10.7. The Morgan fingerprint density at radius 1 is 1.43 bits per heavy atom. The van der Waals surface area contributed by atoms with Crippen molar-refractivity contribution in [2.45, 2.75) is 19.4 Å². The van der Waals surface area contributed by atoms with Gasteiger partial charge in [-0.15, -0.1) is 0 Å². The average Bonchev–Trinajstić information content (AvgIpc) is 2.04. The van der Waals surface area contributed by atoms with Gasteiger partial charge in [0, 0.05) is 13.0 Å². The van der Waals surface area contributed by atoms with Gasteiger partial charge >= 0.3 is 5.97 Å². The number of benzene rings is 1. The molecule has 1 aliphatic heterocycles. The fourth-order valence-electron chi connectivity index (χ4n) is 1.51. The molecule has 1 fully saturated rings. The number of carbonyl (C=O) groups is 1. The van der Waals surface area contributed by atoms with Gasteiger partial charge in [-0.1, -0.05) is 12.1 Å². The van der Waals surface area contributed by atoms with Crippen LogP contribution in [-0.2, 0) is 4.79 Å². The lowest BCUT2D eigenvalue weighted by atomic mass is 9.98. The molecule has 1 aromatic carbocycles. The molecule has 1 heterocycles. The first-order valence-electron chi connectivity index (χ1n) is 4.77. The van der Waals surface area contributed by atoms with Crippen molar-refractivity contribution in [3.05, 3.63) is 29.8 Å². The monoisotopic (exact) mass is 191 g/mol. The summed E-state index contributed by atoms with van der Waals surface area (Å²) in [5.74, 6) is 0.333. The molecule has 74 valence electrons. The molecule has 0 unspecified atom stereocenters. The van der Waals surface area contributed by atoms with Gasteiger partial charge in [0.15, 0.2) is 0 Å². The molecule has 0 saturated carbocycles. The average molecular weight is 191 g/mol. The second-order valence-corrected chi connectivity index (χ2v) is 3.46. The summed E-state index contributed by atoms with van der Waals surface area (Å²) in [6.45, 7) is 2.50. The van der Waals surface area contributed by atoms with Gasteiger partial charge in [0.2, 0.25) is 0 Å². The van der Waals surface area contributed by atoms with Crippen LogP contribution in [0, 0.1) is 0 Å². The Morgan fingerprint density at radius 2 is 2.07 bits per heavy atom. The molecule has 1 aromatic rings. The van der Waals surface area contributed by atoms with Gasteiger partial charge in [0.1, 0.15) is 5.75 Å². The minimum absolute atomic E-state index is 0.278. The first-order valence-corrected chi connectivity index (χ1v) is 4.77. The summed E-state index contributed by atoms with van der Waals surface area (Å²) in [5.41, 5.74) is 1.26. The fraction of sp³-hybridized carbons (Fsp3) is 0.364. The highest BCUT2D eigenvalue weighted by atomic mass is 16.5. The smallest absolute Gasteiger partial charge is 0.308 e. The van der Waals surface area contributed by atoms with Crippen molar-refractivity contribution in [1.82, 2.24) is 5.32 Å². The van der Waals surface area contributed by atoms with E-state index in [1.807, 2.05) is 24.3 Å². The molecular formula is C11H13NO2. The SMILES string of the molecule is CC(=O)Oc1ccc([C@H]2CCN2)cc1. The van der Waals surface area contributed by atoms with Crippen molar-refractivity contribution in [3.8, 4) is 5.75 Å². The number of nitrogens with one attached hydrogen (secondary N) is 1. The molecule has 3 heteroatoms. The molecule has 1 N–H and O–H groups in total. The lowest BCUT2D eigenvalue weighted by Gasteiger charge is -2.27. The van der Waals surface area contributed by atoms with Crippen molar-refractivity contribution in [2.24, 2.45) is 0 Å². The molecule has 3 nitrogen and oxygen atoms in total. The highest BCUT2D eigenvalue weighted by molar-refractivity contribution is 5.69. The van der Waals surface area contributed by atoms with Crippen LogP contribution in [0.4, 0.5) is 0 Å². The highest BCUT2D eigenvalue weighted by Gasteiger charge is 2.17.